The Labute approximate surface area is 127 Å². The van der Waals surface area contributed by atoms with Gasteiger partial charge >= 0.3 is 0 Å². The third-order valence-corrected chi connectivity index (χ3v) is 4.60. The van der Waals surface area contributed by atoms with Gasteiger partial charge in [0.25, 0.3) is 0 Å². The highest BCUT2D eigenvalue weighted by Crippen LogP contribution is 2.18. The molecule has 0 unspecified atom stereocenters. The molecule has 0 spiro atoms. The van der Waals surface area contributed by atoms with Crippen LogP contribution in [0.15, 0.2) is 24.3 Å². The second kappa shape index (κ2) is 6.58. The van der Waals surface area contributed by atoms with Crippen LogP contribution in [0, 0.1) is 0 Å². The van der Waals surface area contributed by atoms with Crippen molar-refractivity contribution >= 4 is 5.91 Å². The first-order chi connectivity index (χ1) is 10.3. The molecule has 1 aromatic rings. The number of nitrogens with zero attached hydrogens (tertiary/aromatic N) is 2. The molecular formula is C17H25N3O. The van der Waals surface area contributed by atoms with Crippen molar-refractivity contribution in [3.8, 4) is 0 Å². The third-order valence-electron chi connectivity index (χ3n) is 4.60. The number of carbonyl (C=O) groups is 1. The second-order valence-corrected chi connectivity index (χ2v) is 6.07. The Morgan fingerprint density at radius 1 is 1.19 bits per heavy atom. The first-order valence-corrected chi connectivity index (χ1v) is 8.09. The van der Waals surface area contributed by atoms with E-state index in [2.05, 4.69) is 41.4 Å². The Balaban J connectivity index is 1.57. The van der Waals surface area contributed by atoms with E-state index in [1.165, 1.54) is 17.5 Å². The van der Waals surface area contributed by atoms with E-state index < -0.39 is 0 Å². The van der Waals surface area contributed by atoms with Gasteiger partial charge in [0.2, 0.25) is 5.91 Å². The van der Waals surface area contributed by atoms with E-state index in [1.807, 2.05) is 4.90 Å². The molecule has 21 heavy (non-hydrogen) atoms. The number of fused-ring (bicyclic) bond motifs is 1. The maximum absolute atomic E-state index is 12.7. The molecule has 1 aromatic carbocycles. The Kier molecular flexibility index (Phi) is 4.56. The largest absolute Gasteiger partial charge is 0.339 e. The van der Waals surface area contributed by atoms with Gasteiger partial charge in [-0.05, 0) is 30.5 Å². The van der Waals surface area contributed by atoms with Crippen molar-refractivity contribution in [3.05, 3.63) is 35.4 Å². The minimum atomic E-state index is -0.0439. The van der Waals surface area contributed by atoms with Gasteiger partial charge in [0.1, 0.15) is 0 Å². The molecule has 1 atom stereocenters. The molecule has 0 saturated carbocycles. The van der Waals surface area contributed by atoms with Crippen LogP contribution >= 0.6 is 0 Å². The van der Waals surface area contributed by atoms with E-state index in [1.54, 1.807) is 0 Å². The molecule has 3 rings (SSSR count). The summed E-state index contributed by atoms with van der Waals surface area (Å²) in [6.45, 7) is 7.95. The van der Waals surface area contributed by atoms with Crippen molar-refractivity contribution in [1.82, 2.24) is 15.1 Å². The fourth-order valence-corrected chi connectivity index (χ4v) is 3.36. The number of nitrogens with one attached hydrogen (secondary N) is 1. The van der Waals surface area contributed by atoms with Crippen molar-refractivity contribution in [2.24, 2.45) is 0 Å². The molecule has 1 N–H and O–H groups in total. The van der Waals surface area contributed by atoms with Crippen molar-refractivity contribution in [1.29, 1.82) is 0 Å². The van der Waals surface area contributed by atoms with Crippen LogP contribution in [0.25, 0.3) is 0 Å². The van der Waals surface area contributed by atoms with Gasteiger partial charge < -0.3 is 10.2 Å². The number of benzene rings is 1. The van der Waals surface area contributed by atoms with E-state index >= 15 is 0 Å². The highest BCUT2D eigenvalue weighted by Gasteiger charge is 2.29. The fourth-order valence-electron chi connectivity index (χ4n) is 3.36. The van der Waals surface area contributed by atoms with Crippen molar-refractivity contribution in [2.75, 3.05) is 32.7 Å². The average molecular weight is 287 g/mol. The zero-order valence-electron chi connectivity index (χ0n) is 12.8. The van der Waals surface area contributed by atoms with Crippen LogP contribution in [-0.2, 0) is 17.8 Å². The molecule has 1 fully saturated rings. The summed E-state index contributed by atoms with van der Waals surface area (Å²) in [5.74, 6) is 0.278. The molecule has 1 saturated heterocycles. The fraction of sp³-hybridized carbons (Fsp3) is 0.588. The van der Waals surface area contributed by atoms with Crippen molar-refractivity contribution in [3.63, 3.8) is 0 Å². The van der Waals surface area contributed by atoms with Crippen molar-refractivity contribution < 1.29 is 4.79 Å². The lowest BCUT2D eigenvalue weighted by Crippen LogP contribution is -2.55. The van der Waals surface area contributed by atoms with Gasteiger partial charge in [-0.3, -0.25) is 9.69 Å². The van der Waals surface area contributed by atoms with Gasteiger partial charge in [0.15, 0.2) is 0 Å². The summed E-state index contributed by atoms with van der Waals surface area (Å²) >= 11 is 0. The molecule has 0 bridgehead atoms. The molecule has 2 aliphatic heterocycles. The van der Waals surface area contributed by atoms with Gasteiger partial charge in [-0.25, -0.2) is 0 Å². The number of carbonyl (C=O) groups excluding carboxylic acids is 1. The number of piperazine rings is 1. The first-order valence-electron chi connectivity index (χ1n) is 8.09. The quantitative estimate of drug-likeness (QED) is 0.909. The van der Waals surface area contributed by atoms with E-state index in [0.717, 1.165) is 45.7 Å². The molecule has 0 aromatic heterocycles. The molecule has 114 valence electrons. The summed E-state index contributed by atoms with van der Waals surface area (Å²) in [6, 6.07) is 8.38. The number of amides is 1. The number of hydrogen-bond acceptors (Lipinski definition) is 3. The van der Waals surface area contributed by atoms with Crippen LogP contribution in [0.5, 0.6) is 0 Å². The molecule has 0 radical (unpaired) electrons. The van der Waals surface area contributed by atoms with Gasteiger partial charge in [-0.1, -0.05) is 31.2 Å². The summed E-state index contributed by atoms with van der Waals surface area (Å²) in [5, 5.41) is 3.40. The Bertz CT molecular complexity index is 495. The molecule has 2 heterocycles. The maximum Gasteiger partial charge on any atom is 0.240 e. The van der Waals surface area contributed by atoms with E-state index in [-0.39, 0.29) is 11.9 Å². The standard InChI is InChI=1S/C17H25N3O/c1-2-7-19-8-10-20(11-9-19)17(21)16-12-14-5-3-4-6-15(14)13-18-16/h3-6,16,18H,2,7-13H2,1H3/t16-/m0/s1. The van der Waals surface area contributed by atoms with Crippen molar-refractivity contribution in [2.45, 2.75) is 32.4 Å². The number of hydrogen-bond donors (Lipinski definition) is 1. The van der Waals surface area contributed by atoms with Crippen LogP contribution in [0.2, 0.25) is 0 Å². The highest BCUT2D eigenvalue weighted by atomic mass is 16.2. The van der Waals surface area contributed by atoms with Gasteiger partial charge in [0.05, 0.1) is 6.04 Å². The summed E-state index contributed by atoms with van der Waals surface area (Å²) in [6.07, 6.45) is 2.01. The molecule has 4 heteroatoms. The Morgan fingerprint density at radius 3 is 2.62 bits per heavy atom. The zero-order valence-corrected chi connectivity index (χ0v) is 12.8. The normalized spacial score (nSPS) is 22.9. The van der Waals surface area contributed by atoms with E-state index in [0.29, 0.717) is 0 Å². The zero-order chi connectivity index (χ0) is 14.7. The molecule has 2 aliphatic rings. The SMILES string of the molecule is CCCN1CCN(C(=O)[C@@H]2Cc3ccccc3CN2)CC1. The lowest BCUT2D eigenvalue weighted by Gasteiger charge is -2.37. The first kappa shape index (κ1) is 14.5. The summed E-state index contributed by atoms with van der Waals surface area (Å²) in [7, 11) is 0. The molecule has 0 aliphatic carbocycles. The minimum absolute atomic E-state index is 0.0439. The molecular weight excluding hydrogens is 262 g/mol. The van der Waals surface area contributed by atoms with Crippen LogP contribution in [0.3, 0.4) is 0 Å². The second-order valence-electron chi connectivity index (χ2n) is 6.07. The molecule has 4 nitrogen and oxygen atoms in total. The van der Waals surface area contributed by atoms with Crippen LogP contribution in [-0.4, -0.2) is 54.5 Å². The van der Waals surface area contributed by atoms with Gasteiger partial charge in [0, 0.05) is 32.7 Å². The summed E-state index contributed by atoms with van der Waals surface area (Å²) < 4.78 is 0. The lowest BCUT2D eigenvalue weighted by molar-refractivity contribution is -0.135. The van der Waals surface area contributed by atoms with Gasteiger partial charge in [-0.15, -0.1) is 0 Å². The smallest absolute Gasteiger partial charge is 0.240 e. The summed E-state index contributed by atoms with van der Waals surface area (Å²) in [5.41, 5.74) is 2.65. The summed E-state index contributed by atoms with van der Waals surface area (Å²) in [4.78, 5) is 17.2. The van der Waals surface area contributed by atoms with Crippen LogP contribution in [0.4, 0.5) is 0 Å². The maximum atomic E-state index is 12.7. The monoisotopic (exact) mass is 287 g/mol. The number of rotatable bonds is 3. The average Bonchev–Trinajstić information content (AvgIpc) is 2.55. The van der Waals surface area contributed by atoms with Crippen LogP contribution in [0.1, 0.15) is 24.5 Å². The lowest BCUT2D eigenvalue weighted by atomic mass is 9.95. The third kappa shape index (κ3) is 3.27. The predicted molar refractivity (Wildman–Crippen MR) is 84.1 cm³/mol. The minimum Gasteiger partial charge on any atom is -0.339 e. The Morgan fingerprint density at radius 2 is 1.90 bits per heavy atom. The Hall–Kier alpha value is -1.39. The topological polar surface area (TPSA) is 35.6 Å². The van der Waals surface area contributed by atoms with E-state index in [4.69, 9.17) is 0 Å². The highest BCUT2D eigenvalue weighted by molar-refractivity contribution is 5.82. The van der Waals surface area contributed by atoms with Crippen LogP contribution < -0.4 is 5.32 Å². The molecule has 1 amide bonds. The van der Waals surface area contributed by atoms with Gasteiger partial charge in [-0.2, -0.15) is 0 Å². The van der Waals surface area contributed by atoms with E-state index in [9.17, 15) is 4.79 Å². The predicted octanol–water partition coefficient (Wildman–Crippen LogP) is 1.26.